The topological polar surface area (TPSA) is 30.5 Å². The normalized spacial score (nSPS) is 10.0. The summed E-state index contributed by atoms with van der Waals surface area (Å²) >= 11 is 0. The average Bonchev–Trinajstić information content (AvgIpc) is 1.89. The molecule has 0 atom stereocenters. The van der Waals surface area contributed by atoms with Crippen LogP contribution in [0.4, 0.5) is 0 Å². The second-order valence-electron chi connectivity index (χ2n) is 1.75. The number of hydroxylamine groups is 1. The van der Waals surface area contributed by atoms with Crippen LogP contribution < -0.4 is 5.48 Å². The number of methoxy groups -OCH3 is 1. The van der Waals surface area contributed by atoms with Gasteiger partial charge in [-0.3, -0.25) is 0 Å². The quantitative estimate of drug-likeness (QED) is 0.424. The van der Waals surface area contributed by atoms with E-state index in [-0.39, 0.29) is 0 Å². The van der Waals surface area contributed by atoms with E-state index in [4.69, 9.17) is 9.57 Å². The minimum atomic E-state index is 0.764. The number of rotatable bonds is 6. The molecule has 0 rings (SSSR count). The van der Waals surface area contributed by atoms with E-state index in [2.05, 4.69) is 5.48 Å². The third-order valence-corrected chi connectivity index (χ3v) is 0.989. The Morgan fingerprint density at radius 2 is 1.89 bits per heavy atom. The molecule has 3 nitrogen and oxygen atoms in total. The van der Waals surface area contributed by atoms with Gasteiger partial charge >= 0.3 is 0 Å². The molecule has 0 saturated carbocycles. The Balaban J connectivity index is 2.60. The maximum atomic E-state index is 4.87. The number of hydrogen-bond donors (Lipinski definition) is 1. The number of unbranched alkanes of at least 4 members (excludes halogenated alkanes) is 1. The Hall–Kier alpha value is -0.120. The van der Waals surface area contributed by atoms with Crippen molar-refractivity contribution in [2.24, 2.45) is 0 Å². The van der Waals surface area contributed by atoms with Crippen LogP contribution in [-0.2, 0) is 9.57 Å². The molecule has 0 radical (unpaired) electrons. The van der Waals surface area contributed by atoms with E-state index in [1.807, 2.05) is 0 Å². The SMILES string of the molecule is CNOCCCCOC. The van der Waals surface area contributed by atoms with Crippen molar-refractivity contribution >= 4 is 0 Å². The minimum absolute atomic E-state index is 0.764. The van der Waals surface area contributed by atoms with Gasteiger partial charge in [-0.25, -0.2) is 5.48 Å². The molecule has 0 bridgehead atoms. The lowest BCUT2D eigenvalue weighted by atomic mass is 10.3. The molecule has 3 heteroatoms. The second kappa shape index (κ2) is 7.88. The zero-order valence-corrected chi connectivity index (χ0v) is 6.14. The summed E-state index contributed by atoms with van der Waals surface area (Å²) in [5, 5.41) is 0. The van der Waals surface area contributed by atoms with Crippen molar-refractivity contribution in [2.45, 2.75) is 12.8 Å². The Kier molecular flexibility index (Phi) is 7.77. The van der Waals surface area contributed by atoms with Crippen LogP contribution in [-0.4, -0.2) is 27.4 Å². The fraction of sp³-hybridized carbons (Fsp3) is 1.00. The van der Waals surface area contributed by atoms with Gasteiger partial charge in [0.1, 0.15) is 0 Å². The highest BCUT2D eigenvalue weighted by Gasteiger charge is 1.85. The summed E-state index contributed by atoms with van der Waals surface area (Å²) < 4.78 is 4.85. The molecule has 0 unspecified atom stereocenters. The highest BCUT2D eigenvalue weighted by atomic mass is 16.6. The van der Waals surface area contributed by atoms with Crippen molar-refractivity contribution in [3.63, 3.8) is 0 Å². The summed E-state index contributed by atoms with van der Waals surface area (Å²) in [5.74, 6) is 0. The van der Waals surface area contributed by atoms with Gasteiger partial charge in [-0.05, 0) is 12.8 Å². The predicted octanol–water partition coefficient (Wildman–Crippen LogP) is 0.564. The first-order valence-electron chi connectivity index (χ1n) is 3.19. The molecule has 0 amide bonds. The van der Waals surface area contributed by atoms with Crippen LogP contribution in [0.15, 0.2) is 0 Å². The molecular formula is C6H15NO2. The smallest absolute Gasteiger partial charge is 0.0682 e. The van der Waals surface area contributed by atoms with E-state index in [0.29, 0.717) is 0 Å². The predicted molar refractivity (Wildman–Crippen MR) is 36.1 cm³/mol. The largest absolute Gasteiger partial charge is 0.385 e. The molecule has 0 aliphatic carbocycles. The van der Waals surface area contributed by atoms with Gasteiger partial charge < -0.3 is 9.57 Å². The van der Waals surface area contributed by atoms with Gasteiger partial charge in [0.05, 0.1) is 6.61 Å². The molecule has 0 aliphatic heterocycles. The van der Waals surface area contributed by atoms with E-state index in [0.717, 1.165) is 26.1 Å². The van der Waals surface area contributed by atoms with Crippen molar-refractivity contribution in [2.75, 3.05) is 27.4 Å². The summed E-state index contributed by atoms with van der Waals surface area (Å²) in [7, 11) is 3.47. The Labute approximate surface area is 56.3 Å². The third kappa shape index (κ3) is 7.88. The standard InChI is InChI=1S/C6H15NO2/c1-7-9-6-4-3-5-8-2/h7H,3-6H2,1-2H3. The molecular weight excluding hydrogens is 118 g/mol. The lowest BCUT2D eigenvalue weighted by Crippen LogP contribution is -2.08. The summed E-state index contributed by atoms with van der Waals surface area (Å²) in [6, 6.07) is 0. The van der Waals surface area contributed by atoms with Gasteiger partial charge in [0.25, 0.3) is 0 Å². The molecule has 0 aromatic heterocycles. The van der Waals surface area contributed by atoms with E-state index < -0.39 is 0 Å². The highest BCUT2D eigenvalue weighted by Crippen LogP contribution is 1.87. The summed E-state index contributed by atoms with van der Waals surface area (Å²) in [6.45, 7) is 1.59. The van der Waals surface area contributed by atoms with E-state index in [1.165, 1.54) is 0 Å². The van der Waals surface area contributed by atoms with Gasteiger partial charge in [-0.1, -0.05) is 0 Å². The van der Waals surface area contributed by atoms with Crippen molar-refractivity contribution in [3.05, 3.63) is 0 Å². The Bertz CT molecular complexity index is 44.3. The second-order valence-corrected chi connectivity index (χ2v) is 1.75. The zero-order chi connectivity index (χ0) is 6.95. The highest BCUT2D eigenvalue weighted by molar-refractivity contribution is 4.34. The van der Waals surface area contributed by atoms with E-state index in [9.17, 15) is 0 Å². The van der Waals surface area contributed by atoms with Crippen LogP contribution in [0.2, 0.25) is 0 Å². The molecule has 0 spiro atoms. The molecule has 0 fully saturated rings. The average molecular weight is 133 g/mol. The fourth-order valence-electron chi connectivity index (χ4n) is 0.523. The molecule has 9 heavy (non-hydrogen) atoms. The lowest BCUT2D eigenvalue weighted by Gasteiger charge is -1.99. The van der Waals surface area contributed by atoms with Crippen LogP contribution in [0.25, 0.3) is 0 Å². The van der Waals surface area contributed by atoms with E-state index >= 15 is 0 Å². The monoisotopic (exact) mass is 133 g/mol. The molecule has 1 N–H and O–H groups in total. The minimum Gasteiger partial charge on any atom is -0.385 e. The first kappa shape index (κ1) is 8.88. The Morgan fingerprint density at radius 1 is 1.22 bits per heavy atom. The van der Waals surface area contributed by atoms with Crippen LogP contribution in [0.3, 0.4) is 0 Å². The summed E-state index contributed by atoms with van der Waals surface area (Å²) in [4.78, 5) is 4.87. The zero-order valence-electron chi connectivity index (χ0n) is 6.14. The van der Waals surface area contributed by atoms with Gasteiger partial charge in [0.2, 0.25) is 0 Å². The summed E-state index contributed by atoms with van der Waals surface area (Å²) in [5.41, 5.74) is 2.60. The number of ether oxygens (including phenoxy) is 1. The molecule has 56 valence electrons. The van der Waals surface area contributed by atoms with Crippen molar-refractivity contribution < 1.29 is 9.57 Å². The summed E-state index contributed by atoms with van der Waals surface area (Å²) in [6.07, 6.45) is 2.12. The third-order valence-electron chi connectivity index (χ3n) is 0.989. The number of nitrogens with one attached hydrogen (secondary N) is 1. The number of hydrogen-bond acceptors (Lipinski definition) is 3. The first-order valence-corrected chi connectivity index (χ1v) is 3.19. The molecule has 0 aromatic rings. The van der Waals surface area contributed by atoms with Crippen LogP contribution >= 0.6 is 0 Å². The molecule has 0 heterocycles. The fourth-order valence-corrected chi connectivity index (χ4v) is 0.523. The Morgan fingerprint density at radius 3 is 2.44 bits per heavy atom. The van der Waals surface area contributed by atoms with Gasteiger partial charge in [0, 0.05) is 20.8 Å². The van der Waals surface area contributed by atoms with Gasteiger partial charge in [-0.15, -0.1) is 0 Å². The lowest BCUT2D eigenvalue weighted by molar-refractivity contribution is 0.0513. The van der Waals surface area contributed by atoms with Crippen molar-refractivity contribution in [1.29, 1.82) is 0 Å². The van der Waals surface area contributed by atoms with Crippen molar-refractivity contribution in [3.8, 4) is 0 Å². The maximum absolute atomic E-state index is 4.87. The van der Waals surface area contributed by atoms with Crippen molar-refractivity contribution in [1.82, 2.24) is 5.48 Å². The van der Waals surface area contributed by atoms with Crippen LogP contribution in [0.1, 0.15) is 12.8 Å². The first-order chi connectivity index (χ1) is 4.41. The molecule has 0 aliphatic rings. The van der Waals surface area contributed by atoms with E-state index in [1.54, 1.807) is 14.2 Å². The van der Waals surface area contributed by atoms with Gasteiger partial charge in [-0.2, -0.15) is 0 Å². The van der Waals surface area contributed by atoms with Crippen LogP contribution in [0.5, 0.6) is 0 Å². The maximum Gasteiger partial charge on any atom is 0.0682 e. The van der Waals surface area contributed by atoms with Gasteiger partial charge in [0.15, 0.2) is 0 Å². The molecule has 0 aromatic carbocycles. The van der Waals surface area contributed by atoms with Crippen LogP contribution in [0, 0.1) is 0 Å². The molecule has 0 saturated heterocycles.